The Balaban J connectivity index is 1.74. The van der Waals surface area contributed by atoms with Crippen LogP contribution in [0.1, 0.15) is 22.5 Å². The van der Waals surface area contributed by atoms with Gasteiger partial charge in [-0.25, -0.2) is 4.98 Å². The highest BCUT2D eigenvalue weighted by Crippen LogP contribution is 2.10. The number of nitrogens with one attached hydrogen (secondary N) is 2. The molecule has 0 saturated carbocycles. The highest BCUT2D eigenvalue weighted by molar-refractivity contribution is 6.30. The average molecular weight is 348 g/mol. The Kier molecular flexibility index (Phi) is 7.52. The van der Waals surface area contributed by atoms with Gasteiger partial charge in [0.2, 0.25) is 0 Å². The molecule has 0 fully saturated rings. The van der Waals surface area contributed by atoms with E-state index in [-0.39, 0.29) is 5.91 Å². The van der Waals surface area contributed by atoms with E-state index in [1.54, 1.807) is 19.4 Å². The van der Waals surface area contributed by atoms with Crippen LogP contribution in [0.25, 0.3) is 0 Å². The zero-order chi connectivity index (χ0) is 17.2. The summed E-state index contributed by atoms with van der Waals surface area (Å²) in [7, 11) is 1.68. The standard InChI is InChI=1S/C18H22ClN3O2/c1-24-12-2-10-20-16-7-8-17(22-13-16)18(23)21-11-9-14-3-5-15(19)6-4-14/h3-8,13,20H,2,9-12H2,1H3,(H,21,23). The molecule has 0 radical (unpaired) electrons. The maximum absolute atomic E-state index is 12.1. The molecule has 0 saturated heterocycles. The van der Waals surface area contributed by atoms with Crippen LogP contribution >= 0.6 is 11.6 Å². The SMILES string of the molecule is COCCCNc1ccc(C(=O)NCCc2ccc(Cl)cc2)nc1. The van der Waals surface area contributed by atoms with Crippen LogP contribution in [0.4, 0.5) is 5.69 Å². The third kappa shape index (κ3) is 6.18. The van der Waals surface area contributed by atoms with Gasteiger partial charge in [-0.2, -0.15) is 0 Å². The van der Waals surface area contributed by atoms with Crippen LogP contribution in [0.5, 0.6) is 0 Å². The number of anilines is 1. The number of pyridine rings is 1. The fourth-order valence-electron chi connectivity index (χ4n) is 2.14. The first kappa shape index (κ1) is 18.2. The highest BCUT2D eigenvalue weighted by Gasteiger charge is 2.06. The van der Waals surface area contributed by atoms with Crippen molar-refractivity contribution in [3.05, 3.63) is 58.9 Å². The van der Waals surface area contributed by atoms with E-state index in [4.69, 9.17) is 16.3 Å². The van der Waals surface area contributed by atoms with E-state index >= 15 is 0 Å². The molecular formula is C18H22ClN3O2. The van der Waals surface area contributed by atoms with E-state index in [1.807, 2.05) is 30.3 Å². The number of benzene rings is 1. The molecule has 0 spiro atoms. The van der Waals surface area contributed by atoms with Crippen molar-refractivity contribution >= 4 is 23.2 Å². The molecule has 0 aliphatic rings. The second-order valence-electron chi connectivity index (χ2n) is 5.34. The third-order valence-electron chi connectivity index (χ3n) is 3.46. The van der Waals surface area contributed by atoms with Gasteiger partial charge in [0.25, 0.3) is 5.91 Å². The molecule has 24 heavy (non-hydrogen) atoms. The Morgan fingerprint density at radius 3 is 2.62 bits per heavy atom. The molecule has 2 aromatic rings. The fourth-order valence-corrected chi connectivity index (χ4v) is 2.27. The van der Waals surface area contributed by atoms with Crippen LogP contribution in [0.15, 0.2) is 42.6 Å². The summed E-state index contributed by atoms with van der Waals surface area (Å²) in [5.41, 5.74) is 2.43. The van der Waals surface area contributed by atoms with E-state index < -0.39 is 0 Å². The van der Waals surface area contributed by atoms with Gasteiger partial charge >= 0.3 is 0 Å². The lowest BCUT2D eigenvalue weighted by atomic mass is 10.1. The van der Waals surface area contributed by atoms with Crippen LogP contribution in [-0.2, 0) is 11.2 Å². The zero-order valence-corrected chi connectivity index (χ0v) is 14.5. The first-order chi connectivity index (χ1) is 11.7. The first-order valence-electron chi connectivity index (χ1n) is 7.90. The van der Waals surface area contributed by atoms with Gasteiger partial charge in [-0.05, 0) is 42.7 Å². The summed E-state index contributed by atoms with van der Waals surface area (Å²) < 4.78 is 4.99. The lowest BCUT2D eigenvalue weighted by Gasteiger charge is -2.07. The summed E-state index contributed by atoms with van der Waals surface area (Å²) in [6.07, 6.45) is 3.34. The summed E-state index contributed by atoms with van der Waals surface area (Å²) >= 11 is 5.85. The van der Waals surface area contributed by atoms with E-state index in [9.17, 15) is 4.79 Å². The van der Waals surface area contributed by atoms with Gasteiger partial charge in [-0.3, -0.25) is 4.79 Å². The zero-order valence-electron chi connectivity index (χ0n) is 13.7. The molecular weight excluding hydrogens is 326 g/mol. The van der Waals surface area contributed by atoms with Crippen LogP contribution < -0.4 is 10.6 Å². The molecule has 2 N–H and O–H groups in total. The number of rotatable bonds is 9. The molecule has 1 aromatic heterocycles. The quantitative estimate of drug-likeness (QED) is 0.684. The smallest absolute Gasteiger partial charge is 0.269 e. The minimum Gasteiger partial charge on any atom is -0.385 e. The second-order valence-corrected chi connectivity index (χ2v) is 5.77. The molecule has 0 bridgehead atoms. The van der Waals surface area contributed by atoms with Crippen molar-refractivity contribution in [1.29, 1.82) is 0 Å². The van der Waals surface area contributed by atoms with Crippen molar-refractivity contribution in [2.75, 3.05) is 32.1 Å². The number of methoxy groups -OCH3 is 1. The lowest BCUT2D eigenvalue weighted by Crippen LogP contribution is -2.26. The summed E-state index contributed by atoms with van der Waals surface area (Å²) in [5, 5.41) is 6.81. The van der Waals surface area contributed by atoms with E-state index in [0.29, 0.717) is 23.9 Å². The van der Waals surface area contributed by atoms with Gasteiger partial charge < -0.3 is 15.4 Å². The van der Waals surface area contributed by atoms with E-state index in [1.165, 1.54) is 0 Å². The van der Waals surface area contributed by atoms with Gasteiger partial charge in [-0.1, -0.05) is 23.7 Å². The van der Waals surface area contributed by atoms with Crippen LogP contribution in [0.3, 0.4) is 0 Å². The van der Waals surface area contributed by atoms with Crippen molar-refractivity contribution in [3.63, 3.8) is 0 Å². The van der Waals surface area contributed by atoms with Crippen molar-refractivity contribution in [1.82, 2.24) is 10.3 Å². The summed E-state index contributed by atoms with van der Waals surface area (Å²) in [6.45, 7) is 2.08. The molecule has 128 valence electrons. The summed E-state index contributed by atoms with van der Waals surface area (Å²) in [6, 6.07) is 11.2. The average Bonchev–Trinajstić information content (AvgIpc) is 2.61. The van der Waals surface area contributed by atoms with Gasteiger partial charge in [0.05, 0.1) is 11.9 Å². The number of hydrogen-bond donors (Lipinski definition) is 2. The Morgan fingerprint density at radius 1 is 1.17 bits per heavy atom. The third-order valence-corrected chi connectivity index (χ3v) is 3.71. The van der Waals surface area contributed by atoms with Crippen LogP contribution in [0.2, 0.25) is 5.02 Å². The van der Waals surface area contributed by atoms with Crippen LogP contribution in [0, 0.1) is 0 Å². The van der Waals surface area contributed by atoms with Crippen molar-refractivity contribution < 1.29 is 9.53 Å². The van der Waals surface area contributed by atoms with Crippen LogP contribution in [-0.4, -0.2) is 37.7 Å². The fraction of sp³-hybridized carbons (Fsp3) is 0.333. The maximum Gasteiger partial charge on any atom is 0.269 e. The number of aromatic nitrogens is 1. The van der Waals surface area contributed by atoms with Gasteiger partial charge in [0.15, 0.2) is 0 Å². The lowest BCUT2D eigenvalue weighted by molar-refractivity contribution is 0.0949. The second kappa shape index (κ2) is 9.90. The van der Waals surface area contributed by atoms with Crippen molar-refractivity contribution in [2.24, 2.45) is 0 Å². The summed E-state index contributed by atoms with van der Waals surface area (Å²) in [5.74, 6) is -0.171. The maximum atomic E-state index is 12.1. The molecule has 1 aromatic carbocycles. The molecule has 2 rings (SSSR count). The number of halogens is 1. The van der Waals surface area contributed by atoms with E-state index in [0.717, 1.165) is 30.6 Å². The predicted octanol–water partition coefficient (Wildman–Crippen LogP) is 3.16. The van der Waals surface area contributed by atoms with Crippen molar-refractivity contribution in [2.45, 2.75) is 12.8 Å². The minimum absolute atomic E-state index is 0.171. The molecule has 0 atom stereocenters. The number of carbonyl (C=O) groups excluding carboxylic acids is 1. The first-order valence-corrected chi connectivity index (χ1v) is 8.28. The van der Waals surface area contributed by atoms with Gasteiger partial charge in [-0.15, -0.1) is 0 Å². The number of carbonyl (C=O) groups is 1. The molecule has 1 heterocycles. The Morgan fingerprint density at radius 2 is 1.96 bits per heavy atom. The van der Waals surface area contributed by atoms with E-state index in [2.05, 4.69) is 15.6 Å². The number of nitrogens with zero attached hydrogens (tertiary/aromatic N) is 1. The molecule has 6 heteroatoms. The predicted molar refractivity (Wildman–Crippen MR) is 96.7 cm³/mol. The molecule has 0 unspecified atom stereocenters. The van der Waals surface area contributed by atoms with Gasteiger partial charge in [0, 0.05) is 31.8 Å². The Labute approximate surface area is 147 Å². The topological polar surface area (TPSA) is 63.2 Å². The molecule has 1 amide bonds. The molecule has 0 aliphatic carbocycles. The largest absolute Gasteiger partial charge is 0.385 e. The normalized spacial score (nSPS) is 10.4. The monoisotopic (exact) mass is 347 g/mol. The van der Waals surface area contributed by atoms with Crippen molar-refractivity contribution in [3.8, 4) is 0 Å². The highest BCUT2D eigenvalue weighted by atomic mass is 35.5. The Hall–Kier alpha value is -2.11. The number of ether oxygens (including phenoxy) is 1. The Bertz CT molecular complexity index is 630. The number of hydrogen-bond acceptors (Lipinski definition) is 4. The molecule has 0 aliphatic heterocycles. The summed E-state index contributed by atoms with van der Waals surface area (Å²) in [4.78, 5) is 16.3. The van der Waals surface area contributed by atoms with Gasteiger partial charge in [0.1, 0.15) is 5.69 Å². The molecule has 5 nitrogen and oxygen atoms in total. The minimum atomic E-state index is -0.171. The number of amides is 1.